The molecule has 2 heteroatoms. The summed E-state index contributed by atoms with van der Waals surface area (Å²) in [6, 6.07) is 19.0. The molecule has 0 amide bonds. The van der Waals surface area contributed by atoms with Crippen molar-refractivity contribution in [3.63, 3.8) is 0 Å². The molecule has 2 aromatic rings. The molecule has 1 saturated carbocycles. The Morgan fingerprint density at radius 2 is 1.60 bits per heavy atom. The second kappa shape index (κ2) is 5.49. The van der Waals surface area contributed by atoms with Gasteiger partial charge in [0.15, 0.2) is 0 Å². The third-order valence-electron chi connectivity index (χ3n) is 3.65. The van der Waals surface area contributed by atoms with Crippen LogP contribution in [0.1, 0.15) is 18.4 Å². The lowest BCUT2D eigenvalue weighted by atomic mass is 10.1. The normalized spacial score (nSPS) is 15.2. The zero-order valence-electron chi connectivity index (χ0n) is 12.1. The van der Waals surface area contributed by atoms with E-state index in [1.165, 1.54) is 29.8 Å². The van der Waals surface area contributed by atoms with Gasteiger partial charge < -0.3 is 4.90 Å². The van der Waals surface area contributed by atoms with Gasteiger partial charge in [0.1, 0.15) is 0 Å². The fourth-order valence-electron chi connectivity index (χ4n) is 2.32. The average Bonchev–Trinajstić information content (AvgIpc) is 3.31. The van der Waals surface area contributed by atoms with E-state index in [4.69, 9.17) is 4.99 Å². The third-order valence-corrected chi connectivity index (χ3v) is 3.65. The number of anilines is 1. The van der Waals surface area contributed by atoms with Gasteiger partial charge in [0, 0.05) is 25.7 Å². The van der Waals surface area contributed by atoms with E-state index in [1.54, 1.807) is 0 Å². The van der Waals surface area contributed by atoms with Crippen molar-refractivity contribution in [1.29, 1.82) is 0 Å². The molecule has 0 radical (unpaired) electrons. The predicted molar refractivity (Wildman–Crippen MR) is 86.1 cm³/mol. The van der Waals surface area contributed by atoms with E-state index in [0.717, 1.165) is 5.69 Å². The lowest BCUT2D eigenvalue weighted by molar-refractivity contribution is 1.13. The number of hydrogen-bond donors (Lipinski definition) is 0. The van der Waals surface area contributed by atoms with Gasteiger partial charge in [-0.25, -0.2) is 0 Å². The van der Waals surface area contributed by atoms with Gasteiger partial charge in [-0.1, -0.05) is 30.3 Å². The van der Waals surface area contributed by atoms with Crippen molar-refractivity contribution in [3.05, 3.63) is 60.2 Å². The predicted octanol–water partition coefficient (Wildman–Crippen LogP) is 4.28. The van der Waals surface area contributed by atoms with Gasteiger partial charge >= 0.3 is 0 Å². The summed E-state index contributed by atoms with van der Waals surface area (Å²) >= 11 is 0. The molecule has 2 nitrogen and oxygen atoms in total. The molecule has 0 aromatic heterocycles. The van der Waals surface area contributed by atoms with Crippen LogP contribution >= 0.6 is 0 Å². The zero-order valence-corrected chi connectivity index (χ0v) is 12.1. The number of aliphatic imine (C=N–C) groups is 1. The maximum absolute atomic E-state index is 4.89. The summed E-state index contributed by atoms with van der Waals surface area (Å²) in [7, 11) is 4.11. The maximum Gasteiger partial charge on any atom is 0.0634 e. The molecule has 0 atom stereocenters. The molecule has 0 aliphatic heterocycles. The van der Waals surface area contributed by atoms with Crippen LogP contribution in [0.5, 0.6) is 0 Å². The number of benzene rings is 2. The summed E-state index contributed by atoms with van der Waals surface area (Å²) < 4.78 is 0. The highest BCUT2D eigenvalue weighted by atomic mass is 15.1. The van der Waals surface area contributed by atoms with Crippen molar-refractivity contribution >= 4 is 17.1 Å². The minimum atomic E-state index is 0.644. The van der Waals surface area contributed by atoms with E-state index in [9.17, 15) is 0 Å². The van der Waals surface area contributed by atoms with Crippen LogP contribution in [-0.4, -0.2) is 19.8 Å². The first-order valence-electron chi connectivity index (χ1n) is 7.15. The van der Waals surface area contributed by atoms with E-state index in [1.807, 2.05) is 0 Å². The van der Waals surface area contributed by atoms with E-state index in [0.29, 0.717) is 5.92 Å². The fourth-order valence-corrected chi connectivity index (χ4v) is 2.32. The summed E-state index contributed by atoms with van der Waals surface area (Å²) in [6.45, 7) is 0. The van der Waals surface area contributed by atoms with Crippen LogP contribution in [0.3, 0.4) is 0 Å². The second-order valence-corrected chi connectivity index (χ2v) is 5.55. The van der Waals surface area contributed by atoms with Gasteiger partial charge in [-0.3, -0.25) is 4.99 Å². The average molecular weight is 264 g/mol. The van der Waals surface area contributed by atoms with Crippen LogP contribution in [0.25, 0.3) is 0 Å². The molecule has 20 heavy (non-hydrogen) atoms. The molecule has 0 N–H and O–H groups in total. The largest absolute Gasteiger partial charge is 0.378 e. The molecule has 102 valence electrons. The van der Waals surface area contributed by atoms with Crippen LogP contribution in [0.4, 0.5) is 11.4 Å². The number of hydrogen-bond acceptors (Lipinski definition) is 2. The zero-order chi connectivity index (χ0) is 13.9. The van der Waals surface area contributed by atoms with E-state index < -0.39 is 0 Å². The topological polar surface area (TPSA) is 15.6 Å². The third kappa shape index (κ3) is 2.90. The highest BCUT2D eigenvalue weighted by Crippen LogP contribution is 2.35. The highest BCUT2D eigenvalue weighted by Gasteiger charge is 2.28. The van der Waals surface area contributed by atoms with Crippen molar-refractivity contribution in [3.8, 4) is 0 Å². The number of nitrogens with zero attached hydrogens (tertiary/aromatic N) is 2. The minimum Gasteiger partial charge on any atom is -0.378 e. The molecule has 1 aliphatic rings. The molecule has 2 aromatic carbocycles. The molecular weight excluding hydrogens is 244 g/mol. The van der Waals surface area contributed by atoms with Gasteiger partial charge in [0.25, 0.3) is 0 Å². The Bertz CT molecular complexity index is 593. The first kappa shape index (κ1) is 12.9. The van der Waals surface area contributed by atoms with E-state index in [2.05, 4.69) is 73.6 Å². The maximum atomic E-state index is 4.89. The van der Waals surface area contributed by atoms with Crippen LogP contribution in [0.15, 0.2) is 59.6 Å². The molecule has 0 bridgehead atoms. The van der Waals surface area contributed by atoms with Gasteiger partial charge in [-0.2, -0.15) is 0 Å². The van der Waals surface area contributed by atoms with Crippen LogP contribution in [-0.2, 0) is 0 Å². The Morgan fingerprint density at radius 3 is 2.15 bits per heavy atom. The van der Waals surface area contributed by atoms with Crippen molar-refractivity contribution in [2.75, 3.05) is 19.0 Å². The SMILES string of the molecule is CN(C)c1ccc(N=C(c2ccccc2)C2CC2)cc1. The molecule has 0 saturated heterocycles. The van der Waals surface area contributed by atoms with Crippen molar-refractivity contribution in [2.45, 2.75) is 12.8 Å². The quantitative estimate of drug-likeness (QED) is 0.752. The molecule has 0 unspecified atom stereocenters. The standard InChI is InChI=1S/C18H20N2/c1-20(2)17-12-10-16(11-13-17)19-18(15-8-9-15)14-6-4-3-5-7-14/h3-7,10-13,15H,8-9H2,1-2H3. The van der Waals surface area contributed by atoms with Gasteiger partial charge in [0.05, 0.1) is 11.4 Å². The van der Waals surface area contributed by atoms with E-state index in [-0.39, 0.29) is 0 Å². The minimum absolute atomic E-state index is 0.644. The molecule has 1 fully saturated rings. The highest BCUT2D eigenvalue weighted by molar-refractivity contribution is 6.04. The Morgan fingerprint density at radius 1 is 0.950 bits per heavy atom. The second-order valence-electron chi connectivity index (χ2n) is 5.55. The lowest BCUT2D eigenvalue weighted by Gasteiger charge is -2.12. The first-order chi connectivity index (χ1) is 9.74. The van der Waals surface area contributed by atoms with Gasteiger partial charge in [0.2, 0.25) is 0 Å². The Kier molecular flexibility index (Phi) is 3.55. The summed E-state index contributed by atoms with van der Waals surface area (Å²) in [5, 5.41) is 0. The molecule has 1 aliphatic carbocycles. The van der Waals surface area contributed by atoms with Crippen LogP contribution in [0.2, 0.25) is 0 Å². The summed E-state index contributed by atoms with van der Waals surface area (Å²) in [5.74, 6) is 0.644. The molecule has 0 spiro atoms. The molecule has 0 heterocycles. The van der Waals surface area contributed by atoms with Crippen LogP contribution in [0, 0.1) is 5.92 Å². The summed E-state index contributed by atoms with van der Waals surface area (Å²) in [5.41, 5.74) is 4.74. The Labute approximate surface area is 120 Å². The Hall–Kier alpha value is -2.09. The van der Waals surface area contributed by atoms with E-state index >= 15 is 0 Å². The summed E-state index contributed by atoms with van der Waals surface area (Å²) in [6.07, 6.45) is 2.53. The van der Waals surface area contributed by atoms with Crippen molar-refractivity contribution < 1.29 is 0 Å². The lowest BCUT2D eigenvalue weighted by Crippen LogP contribution is -2.07. The fraction of sp³-hybridized carbons (Fsp3) is 0.278. The smallest absolute Gasteiger partial charge is 0.0634 e. The Balaban J connectivity index is 1.91. The van der Waals surface area contributed by atoms with Gasteiger partial charge in [-0.05, 0) is 42.7 Å². The van der Waals surface area contributed by atoms with Gasteiger partial charge in [-0.15, -0.1) is 0 Å². The summed E-state index contributed by atoms with van der Waals surface area (Å²) in [4.78, 5) is 6.99. The molecule has 3 rings (SSSR count). The monoisotopic (exact) mass is 264 g/mol. The van der Waals surface area contributed by atoms with Crippen LogP contribution < -0.4 is 4.90 Å². The van der Waals surface area contributed by atoms with Crippen molar-refractivity contribution in [2.24, 2.45) is 10.9 Å². The first-order valence-corrected chi connectivity index (χ1v) is 7.15. The number of rotatable bonds is 4. The van der Waals surface area contributed by atoms with Crippen molar-refractivity contribution in [1.82, 2.24) is 0 Å². The molecular formula is C18H20N2.